The van der Waals surface area contributed by atoms with E-state index in [0.717, 1.165) is 24.6 Å². The topological polar surface area (TPSA) is 21.3 Å². The number of benzene rings is 1. The average Bonchev–Trinajstić information content (AvgIpc) is 2.70. The smallest absolute Gasteiger partial charge is 0.0713 e. The van der Waals surface area contributed by atoms with E-state index in [-0.39, 0.29) is 0 Å². The molecular weight excluding hydrogens is 210 g/mol. The Balaban J connectivity index is 1.71. The highest BCUT2D eigenvalue weighted by Gasteiger charge is 2.33. The van der Waals surface area contributed by atoms with Gasteiger partial charge in [-0.05, 0) is 42.7 Å². The van der Waals surface area contributed by atoms with Crippen molar-refractivity contribution in [2.75, 3.05) is 7.11 Å². The van der Waals surface area contributed by atoms with Crippen LogP contribution in [0.4, 0.5) is 0 Å². The lowest BCUT2D eigenvalue weighted by Crippen LogP contribution is -2.37. The van der Waals surface area contributed by atoms with Crippen LogP contribution in [-0.2, 0) is 11.3 Å². The molecular formula is C15H21NO. The average molecular weight is 231 g/mol. The van der Waals surface area contributed by atoms with Crippen LogP contribution in [-0.4, -0.2) is 19.2 Å². The fraction of sp³-hybridized carbons (Fsp3) is 0.600. The number of fused-ring (bicyclic) bond motifs is 2. The highest BCUT2D eigenvalue weighted by Crippen LogP contribution is 2.37. The molecule has 1 aromatic carbocycles. The van der Waals surface area contributed by atoms with E-state index in [1.807, 2.05) is 0 Å². The zero-order chi connectivity index (χ0) is 11.7. The van der Waals surface area contributed by atoms with Gasteiger partial charge in [0.15, 0.2) is 0 Å². The highest BCUT2D eigenvalue weighted by atomic mass is 16.5. The summed E-state index contributed by atoms with van der Waals surface area (Å²) in [7, 11) is 1.75. The molecule has 2 nitrogen and oxygen atoms in total. The van der Waals surface area contributed by atoms with Gasteiger partial charge in [0.2, 0.25) is 0 Å². The molecule has 0 amide bonds. The molecule has 2 saturated heterocycles. The molecule has 0 spiro atoms. The first kappa shape index (κ1) is 11.2. The number of hydrogen-bond donors (Lipinski definition) is 1. The lowest BCUT2D eigenvalue weighted by Gasteiger charge is -2.29. The molecule has 2 aliphatic heterocycles. The normalized spacial score (nSPS) is 31.7. The van der Waals surface area contributed by atoms with Gasteiger partial charge in [0.05, 0.1) is 6.61 Å². The SMILES string of the molecule is COCc1ccc(C2CC3CCC(C2)N3)cc1. The Morgan fingerprint density at radius 1 is 1.12 bits per heavy atom. The van der Waals surface area contributed by atoms with Gasteiger partial charge in [0.1, 0.15) is 0 Å². The minimum absolute atomic E-state index is 0.720. The molecule has 2 heteroatoms. The van der Waals surface area contributed by atoms with Gasteiger partial charge in [-0.2, -0.15) is 0 Å². The van der Waals surface area contributed by atoms with Crippen LogP contribution in [0.5, 0.6) is 0 Å². The Bertz CT molecular complexity index is 361. The van der Waals surface area contributed by atoms with Gasteiger partial charge in [-0.1, -0.05) is 24.3 Å². The van der Waals surface area contributed by atoms with Crippen molar-refractivity contribution < 1.29 is 4.74 Å². The van der Waals surface area contributed by atoms with Gasteiger partial charge < -0.3 is 10.1 Å². The van der Waals surface area contributed by atoms with Gasteiger partial charge >= 0.3 is 0 Å². The third kappa shape index (κ3) is 2.38. The molecule has 0 radical (unpaired) electrons. The van der Waals surface area contributed by atoms with Crippen molar-refractivity contribution in [3.05, 3.63) is 35.4 Å². The zero-order valence-corrected chi connectivity index (χ0v) is 10.5. The van der Waals surface area contributed by atoms with Crippen molar-refractivity contribution in [2.45, 2.75) is 50.3 Å². The summed E-state index contributed by atoms with van der Waals surface area (Å²) in [5.41, 5.74) is 2.79. The number of hydrogen-bond acceptors (Lipinski definition) is 2. The van der Waals surface area contributed by atoms with Crippen LogP contribution in [0.3, 0.4) is 0 Å². The Morgan fingerprint density at radius 2 is 1.76 bits per heavy atom. The van der Waals surface area contributed by atoms with E-state index in [0.29, 0.717) is 0 Å². The van der Waals surface area contributed by atoms with Crippen LogP contribution in [0.2, 0.25) is 0 Å². The maximum Gasteiger partial charge on any atom is 0.0713 e. The minimum Gasteiger partial charge on any atom is -0.380 e. The van der Waals surface area contributed by atoms with Crippen LogP contribution in [0.15, 0.2) is 24.3 Å². The quantitative estimate of drug-likeness (QED) is 0.863. The molecule has 0 aliphatic carbocycles. The van der Waals surface area contributed by atoms with Crippen LogP contribution < -0.4 is 5.32 Å². The van der Waals surface area contributed by atoms with Gasteiger partial charge in [-0.3, -0.25) is 0 Å². The van der Waals surface area contributed by atoms with Crippen LogP contribution >= 0.6 is 0 Å². The molecule has 0 saturated carbocycles. The summed E-state index contributed by atoms with van der Waals surface area (Å²) in [6.07, 6.45) is 5.39. The maximum atomic E-state index is 5.15. The molecule has 92 valence electrons. The number of nitrogens with one attached hydrogen (secondary N) is 1. The molecule has 2 bridgehead atoms. The van der Waals surface area contributed by atoms with Crippen LogP contribution in [0, 0.1) is 0 Å². The van der Waals surface area contributed by atoms with Crippen molar-refractivity contribution in [1.29, 1.82) is 0 Å². The van der Waals surface area contributed by atoms with Crippen molar-refractivity contribution in [3.63, 3.8) is 0 Å². The van der Waals surface area contributed by atoms with E-state index in [9.17, 15) is 0 Å². The third-order valence-corrected chi connectivity index (χ3v) is 4.24. The Labute approximate surface area is 103 Å². The van der Waals surface area contributed by atoms with E-state index < -0.39 is 0 Å². The molecule has 1 N–H and O–H groups in total. The Kier molecular flexibility index (Phi) is 3.17. The summed E-state index contributed by atoms with van der Waals surface area (Å²) in [6.45, 7) is 0.720. The van der Waals surface area contributed by atoms with Crippen molar-refractivity contribution in [3.8, 4) is 0 Å². The summed E-state index contributed by atoms with van der Waals surface area (Å²) in [4.78, 5) is 0. The number of rotatable bonds is 3. The van der Waals surface area contributed by atoms with Gasteiger partial charge in [-0.25, -0.2) is 0 Å². The predicted molar refractivity (Wildman–Crippen MR) is 69.1 cm³/mol. The first-order valence-electron chi connectivity index (χ1n) is 6.69. The molecule has 2 fully saturated rings. The van der Waals surface area contributed by atoms with Gasteiger partial charge in [-0.15, -0.1) is 0 Å². The predicted octanol–water partition coefficient (Wildman–Crippen LogP) is 2.83. The van der Waals surface area contributed by atoms with Crippen molar-refractivity contribution in [1.82, 2.24) is 5.32 Å². The summed E-state index contributed by atoms with van der Waals surface area (Å²) < 4.78 is 5.15. The zero-order valence-electron chi connectivity index (χ0n) is 10.5. The van der Waals surface area contributed by atoms with E-state index in [1.54, 1.807) is 7.11 Å². The lowest BCUT2D eigenvalue weighted by molar-refractivity contribution is 0.185. The first-order chi connectivity index (χ1) is 8.35. The van der Waals surface area contributed by atoms with E-state index in [4.69, 9.17) is 4.74 Å². The molecule has 2 aliphatic rings. The lowest BCUT2D eigenvalue weighted by atomic mass is 9.86. The molecule has 2 unspecified atom stereocenters. The highest BCUT2D eigenvalue weighted by molar-refractivity contribution is 5.26. The summed E-state index contributed by atoms with van der Waals surface area (Å²) >= 11 is 0. The van der Waals surface area contributed by atoms with Crippen molar-refractivity contribution in [2.24, 2.45) is 0 Å². The number of ether oxygens (including phenoxy) is 1. The summed E-state index contributed by atoms with van der Waals surface area (Å²) in [5, 5.41) is 3.70. The van der Waals surface area contributed by atoms with Crippen molar-refractivity contribution >= 4 is 0 Å². The fourth-order valence-corrected chi connectivity index (χ4v) is 3.38. The second kappa shape index (κ2) is 4.79. The minimum atomic E-state index is 0.720. The third-order valence-electron chi connectivity index (χ3n) is 4.24. The monoisotopic (exact) mass is 231 g/mol. The fourth-order valence-electron chi connectivity index (χ4n) is 3.38. The summed E-state index contributed by atoms with van der Waals surface area (Å²) in [6, 6.07) is 10.6. The van der Waals surface area contributed by atoms with E-state index in [1.165, 1.54) is 36.8 Å². The second-order valence-corrected chi connectivity index (χ2v) is 5.48. The maximum absolute atomic E-state index is 5.15. The molecule has 2 heterocycles. The molecule has 1 aromatic rings. The van der Waals surface area contributed by atoms with Crippen LogP contribution in [0.1, 0.15) is 42.7 Å². The molecule has 0 aromatic heterocycles. The summed E-state index contributed by atoms with van der Waals surface area (Å²) in [5.74, 6) is 0.769. The Morgan fingerprint density at radius 3 is 2.35 bits per heavy atom. The number of methoxy groups -OCH3 is 1. The number of piperidine rings is 1. The van der Waals surface area contributed by atoms with Gasteiger partial charge in [0, 0.05) is 19.2 Å². The van der Waals surface area contributed by atoms with Gasteiger partial charge in [0.25, 0.3) is 0 Å². The largest absolute Gasteiger partial charge is 0.380 e. The molecule has 17 heavy (non-hydrogen) atoms. The van der Waals surface area contributed by atoms with Crippen LogP contribution in [0.25, 0.3) is 0 Å². The first-order valence-corrected chi connectivity index (χ1v) is 6.69. The van der Waals surface area contributed by atoms with E-state index >= 15 is 0 Å². The molecule has 2 atom stereocenters. The second-order valence-electron chi connectivity index (χ2n) is 5.48. The molecule has 3 rings (SSSR count). The standard InChI is InChI=1S/C15H21NO/c1-17-10-11-2-4-12(5-3-11)13-8-14-6-7-15(9-13)16-14/h2-5,13-16H,6-10H2,1H3. The van der Waals surface area contributed by atoms with E-state index in [2.05, 4.69) is 29.6 Å². The Hall–Kier alpha value is -0.860.